The number of carbonyl (C=O) groups excluding carboxylic acids is 4. The van der Waals surface area contributed by atoms with Gasteiger partial charge in [0.25, 0.3) is 17.4 Å². The third kappa shape index (κ3) is 8.83. The Hall–Kier alpha value is -4.61. The van der Waals surface area contributed by atoms with Crippen LogP contribution in [-0.4, -0.2) is 93.5 Å². The monoisotopic (exact) mass is 846 g/mol. The fourth-order valence-electron chi connectivity index (χ4n) is 7.85. The van der Waals surface area contributed by atoms with Gasteiger partial charge in [-0.15, -0.1) is 5.10 Å². The summed E-state index contributed by atoms with van der Waals surface area (Å²) in [5.41, 5.74) is -4.21. The average Bonchev–Trinajstić information content (AvgIpc) is 4.02. The van der Waals surface area contributed by atoms with Crippen LogP contribution < -0.4 is 25.7 Å². The number of halogens is 2. The number of hydrogen-bond donors (Lipinski definition) is 3. The Morgan fingerprint density at radius 3 is 2.34 bits per heavy atom. The number of fused-ring (bicyclic) bond motifs is 3. The second kappa shape index (κ2) is 15.8. The van der Waals surface area contributed by atoms with Gasteiger partial charge >= 0.3 is 6.09 Å². The molecule has 0 spiro atoms. The van der Waals surface area contributed by atoms with Crippen LogP contribution in [0.15, 0.2) is 41.2 Å². The number of ether oxygens (including phenoxy) is 2. The predicted molar refractivity (Wildman–Crippen MR) is 214 cm³/mol. The topological polar surface area (TPSA) is 195 Å². The fourth-order valence-corrected chi connectivity index (χ4v) is 9.16. The molecule has 1 saturated heterocycles. The molecule has 7 atom stereocenters. The van der Waals surface area contributed by atoms with E-state index in [1.807, 2.05) is 13.0 Å². The van der Waals surface area contributed by atoms with E-state index in [-0.39, 0.29) is 42.8 Å². The lowest BCUT2D eigenvalue weighted by Gasteiger charge is -2.35. The smallest absolute Gasteiger partial charge is 0.408 e. The molecule has 59 heavy (non-hydrogen) atoms. The minimum absolute atomic E-state index is 0.00205. The first-order valence-corrected chi connectivity index (χ1v) is 21.8. The maximum absolute atomic E-state index is 14.9. The van der Waals surface area contributed by atoms with E-state index in [0.717, 1.165) is 13.8 Å². The third-order valence-electron chi connectivity index (χ3n) is 12.5. The molecule has 0 radical (unpaired) electrons. The van der Waals surface area contributed by atoms with E-state index >= 15 is 0 Å². The molecule has 3 N–H and O–H groups in total. The summed E-state index contributed by atoms with van der Waals surface area (Å²) < 4.78 is 69.3. The summed E-state index contributed by atoms with van der Waals surface area (Å²) in [6.07, 6.45) is 3.92. The first-order valence-electron chi connectivity index (χ1n) is 20.3. The van der Waals surface area contributed by atoms with Gasteiger partial charge in [0.2, 0.25) is 27.7 Å². The van der Waals surface area contributed by atoms with Gasteiger partial charge in [0.05, 0.1) is 28.1 Å². The standard InChI is InChI=1S/C41H56F2N6O9S/c1-23(2)49-34(51)29-16-12-11-15-28(29)33(46-49)57-27-20-30-32(50)45-41(36(53)47-59(55,56)39(7)17-18-39)21-26(41)14-10-9-13-24(3)19-25(4)31(35(52)48(30)22-27)44-37(54)58-38(5,6)40(8,42)43/h10-12,14-16,23-27,30-31H,9,13,17-22H2,1-8H3,(H,44,54)(H,45,50)(H,47,53)/b14-10-/t24-,25-,26-,27-,30+,31+,41-/m1/s1. The molecule has 2 aliphatic carbocycles. The lowest BCUT2D eigenvalue weighted by Crippen LogP contribution is -2.59. The molecule has 324 valence electrons. The quantitative estimate of drug-likeness (QED) is 0.297. The molecule has 2 saturated carbocycles. The van der Waals surface area contributed by atoms with Crippen LogP contribution in [0.1, 0.15) is 106 Å². The molecule has 2 aromatic rings. The zero-order valence-electron chi connectivity index (χ0n) is 34.8. The number of rotatable bonds is 9. The fraction of sp³-hybridized carbons (Fsp3) is 0.659. The van der Waals surface area contributed by atoms with Crippen LogP contribution in [0.4, 0.5) is 13.6 Å². The van der Waals surface area contributed by atoms with Crippen LogP contribution in [0.25, 0.3) is 10.8 Å². The van der Waals surface area contributed by atoms with Gasteiger partial charge in [-0.3, -0.25) is 23.9 Å². The number of allylic oxidation sites excluding steroid dienone is 1. The van der Waals surface area contributed by atoms with Crippen molar-refractivity contribution in [1.29, 1.82) is 0 Å². The molecule has 6 rings (SSSR count). The minimum Gasteiger partial charge on any atom is -0.471 e. The van der Waals surface area contributed by atoms with Gasteiger partial charge in [0, 0.05) is 19.3 Å². The van der Waals surface area contributed by atoms with Gasteiger partial charge < -0.3 is 25.0 Å². The number of nitrogens with one attached hydrogen (secondary N) is 3. The molecular weight excluding hydrogens is 791 g/mol. The molecule has 3 heterocycles. The molecule has 3 fully saturated rings. The lowest BCUT2D eigenvalue weighted by atomic mass is 9.88. The third-order valence-corrected chi connectivity index (χ3v) is 14.6. The molecule has 0 unspecified atom stereocenters. The van der Waals surface area contributed by atoms with Crippen molar-refractivity contribution >= 4 is 44.6 Å². The Morgan fingerprint density at radius 2 is 1.71 bits per heavy atom. The summed E-state index contributed by atoms with van der Waals surface area (Å²) in [7, 11) is -4.07. The van der Waals surface area contributed by atoms with Crippen molar-refractivity contribution < 1.29 is 45.9 Å². The minimum atomic E-state index is -4.07. The molecule has 18 heteroatoms. The average molecular weight is 847 g/mol. The molecule has 1 aromatic heterocycles. The lowest BCUT2D eigenvalue weighted by molar-refractivity contribution is -0.152. The predicted octanol–water partition coefficient (Wildman–Crippen LogP) is 4.74. The molecular formula is C41H56F2N6O9S. The van der Waals surface area contributed by atoms with Crippen molar-refractivity contribution in [2.24, 2.45) is 17.8 Å². The van der Waals surface area contributed by atoms with Crippen molar-refractivity contribution in [3.05, 3.63) is 46.8 Å². The normalized spacial score (nSPS) is 29.3. The molecule has 2 aliphatic heterocycles. The van der Waals surface area contributed by atoms with E-state index in [9.17, 15) is 41.2 Å². The number of hydrogen-bond acceptors (Lipinski definition) is 10. The molecule has 4 amide bonds. The van der Waals surface area contributed by atoms with Gasteiger partial charge in [-0.25, -0.2) is 26.7 Å². The van der Waals surface area contributed by atoms with E-state index in [1.165, 1.54) is 9.58 Å². The van der Waals surface area contributed by atoms with Crippen molar-refractivity contribution in [2.45, 2.75) is 146 Å². The van der Waals surface area contributed by atoms with Gasteiger partial charge in [-0.2, -0.15) is 0 Å². The number of amides is 4. The number of carbonyl (C=O) groups is 4. The summed E-state index contributed by atoms with van der Waals surface area (Å²) in [4.78, 5) is 71.3. The first-order chi connectivity index (χ1) is 27.4. The van der Waals surface area contributed by atoms with Gasteiger partial charge in [0.1, 0.15) is 23.7 Å². The van der Waals surface area contributed by atoms with E-state index in [4.69, 9.17) is 9.47 Å². The second-order valence-electron chi connectivity index (χ2n) is 18.1. The maximum Gasteiger partial charge on any atom is 0.408 e. The summed E-state index contributed by atoms with van der Waals surface area (Å²) in [6, 6.07) is 3.73. The summed E-state index contributed by atoms with van der Waals surface area (Å²) in [6.45, 7) is 11.4. The number of alkyl halides is 2. The van der Waals surface area contributed by atoms with Crippen LogP contribution in [0.2, 0.25) is 0 Å². The van der Waals surface area contributed by atoms with Crippen LogP contribution in [0.5, 0.6) is 5.88 Å². The van der Waals surface area contributed by atoms with E-state index in [0.29, 0.717) is 49.8 Å². The van der Waals surface area contributed by atoms with E-state index in [2.05, 4.69) is 20.5 Å². The van der Waals surface area contributed by atoms with Gasteiger partial charge in [0.15, 0.2) is 5.60 Å². The van der Waals surface area contributed by atoms with E-state index < -0.39 is 85.7 Å². The Morgan fingerprint density at radius 1 is 1.05 bits per heavy atom. The number of benzene rings is 1. The number of aromatic nitrogens is 2. The van der Waals surface area contributed by atoms with Crippen molar-refractivity contribution in [3.63, 3.8) is 0 Å². The van der Waals surface area contributed by atoms with Crippen LogP contribution in [0.3, 0.4) is 0 Å². The molecule has 4 aliphatic rings. The summed E-state index contributed by atoms with van der Waals surface area (Å²) >= 11 is 0. The van der Waals surface area contributed by atoms with Crippen LogP contribution in [-0.2, 0) is 29.1 Å². The van der Waals surface area contributed by atoms with Crippen molar-refractivity contribution in [3.8, 4) is 5.88 Å². The number of alkyl carbamates (subject to hydrolysis) is 1. The van der Waals surface area contributed by atoms with Crippen molar-refractivity contribution in [1.82, 2.24) is 30.0 Å². The first kappa shape index (κ1) is 44.0. The second-order valence-corrected chi connectivity index (χ2v) is 20.3. The largest absolute Gasteiger partial charge is 0.471 e. The van der Waals surface area contributed by atoms with Gasteiger partial charge in [-0.05, 0) is 97.1 Å². The highest BCUT2D eigenvalue weighted by Gasteiger charge is 2.63. The Kier molecular flexibility index (Phi) is 11.8. The molecule has 0 bridgehead atoms. The Balaban J connectivity index is 1.38. The Bertz CT molecular complexity index is 2200. The molecule has 1 aromatic carbocycles. The number of nitrogens with zero attached hydrogens (tertiary/aromatic N) is 3. The zero-order chi connectivity index (χ0) is 43.5. The Labute approximate surface area is 343 Å². The maximum atomic E-state index is 14.9. The summed E-state index contributed by atoms with van der Waals surface area (Å²) in [5, 5.41) is 10.6. The highest BCUT2D eigenvalue weighted by Crippen LogP contribution is 2.47. The summed E-state index contributed by atoms with van der Waals surface area (Å²) in [5.74, 6) is -6.83. The van der Waals surface area contributed by atoms with Crippen molar-refractivity contribution in [2.75, 3.05) is 6.54 Å². The van der Waals surface area contributed by atoms with E-state index in [1.54, 1.807) is 58.0 Å². The number of sulfonamides is 1. The van der Waals surface area contributed by atoms with Crippen LogP contribution >= 0.6 is 0 Å². The molecule has 15 nitrogen and oxygen atoms in total. The highest BCUT2D eigenvalue weighted by atomic mass is 32.2. The zero-order valence-corrected chi connectivity index (χ0v) is 35.7. The highest BCUT2D eigenvalue weighted by molar-refractivity contribution is 7.91. The van der Waals surface area contributed by atoms with Crippen LogP contribution in [0, 0.1) is 17.8 Å². The SMILES string of the molecule is CC(C)n1nc(O[C@@H]2C[C@H]3C(=O)N[C@]4(C(=O)NS(=O)(=O)C5(C)CC5)C[C@H]4/C=C\CC[C@@H](C)C[C@@H](C)[C@H](NC(=O)OC(C)(C)C(C)(F)F)C(=O)N3C2)c2ccccc2c1=O. The van der Waals surface area contributed by atoms with Gasteiger partial charge in [-0.1, -0.05) is 38.1 Å².